The summed E-state index contributed by atoms with van der Waals surface area (Å²) in [5.74, 6) is 1.63. The number of nitrogens with one attached hydrogen (secondary N) is 2. The van der Waals surface area contributed by atoms with Crippen LogP contribution in [0.3, 0.4) is 0 Å². The van der Waals surface area contributed by atoms with Crippen LogP contribution in [-0.2, 0) is 9.36 Å². The zero-order chi connectivity index (χ0) is 29.6. The van der Waals surface area contributed by atoms with Gasteiger partial charge in [-0.25, -0.2) is 4.98 Å². The Morgan fingerprint density at radius 3 is 2.69 bits per heavy atom. The number of hydrogen-bond acceptors (Lipinski definition) is 9. The van der Waals surface area contributed by atoms with Crippen molar-refractivity contribution in [2.45, 2.75) is 19.0 Å². The molecule has 0 bridgehead atoms. The van der Waals surface area contributed by atoms with Gasteiger partial charge in [0.1, 0.15) is 24.5 Å². The minimum absolute atomic E-state index is 0.00570. The number of benzene rings is 2. The molecule has 2 N–H and O–H groups in total. The van der Waals surface area contributed by atoms with Crippen LogP contribution in [0.5, 0.6) is 5.75 Å². The number of anilines is 5. The summed E-state index contributed by atoms with van der Waals surface area (Å²) in [6, 6.07) is 12.2. The Labute approximate surface area is 251 Å². The maximum atomic E-state index is 12.8. The van der Waals surface area contributed by atoms with Crippen molar-refractivity contribution in [1.82, 2.24) is 19.8 Å². The fourth-order valence-electron chi connectivity index (χ4n) is 5.95. The van der Waals surface area contributed by atoms with Crippen molar-refractivity contribution in [2.75, 3.05) is 68.2 Å². The summed E-state index contributed by atoms with van der Waals surface area (Å²) in [4.78, 5) is 27.6. The standard InChI is InChI=1S/C30H35ClN7O3P/c1-5-27(39)37-15-21(16-37)36-10-11-38-22(17-36)18-41-25-13-20(12-19(2)28(25)38)33-30-32-14-23(31)29(35-30)34-24-8-6-7-9-26(24)42(3,4)40/h5-9,12-14,21-22H,1,10-11,15-18H2,2-4H3,(H2,32,33,34,35)/t22-/m0/s1. The van der Waals surface area contributed by atoms with Gasteiger partial charge in [-0.15, -0.1) is 0 Å². The molecule has 2 fully saturated rings. The SMILES string of the molecule is C=CC(=O)N1CC(N2CCN3c4c(C)cc(Nc5ncc(Cl)c(Nc6ccccc6P(C)(C)=O)n5)cc4OC[C@@H]3C2)C1. The number of ether oxygens (including phenoxy) is 1. The van der Waals surface area contributed by atoms with Crippen molar-refractivity contribution >= 4 is 58.8 Å². The number of aromatic nitrogens is 2. The topological polar surface area (TPSA) is 103 Å². The molecule has 0 spiro atoms. The second-order valence-electron chi connectivity index (χ2n) is 11.4. The van der Waals surface area contributed by atoms with Gasteiger partial charge in [-0.3, -0.25) is 9.69 Å². The predicted octanol–water partition coefficient (Wildman–Crippen LogP) is 4.45. The van der Waals surface area contributed by atoms with Crippen molar-refractivity contribution in [1.29, 1.82) is 0 Å². The molecule has 12 heteroatoms. The molecule has 1 aromatic heterocycles. The van der Waals surface area contributed by atoms with E-state index in [0.29, 0.717) is 35.1 Å². The molecular formula is C30H35ClN7O3P. The minimum Gasteiger partial charge on any atom is -0.489 e. The summed E-state index contributed by atoms with van der Waals surface area (Å²) in [5.41, 5.74) is 3.73. The molecule has 1 amide bonds. The summed E-state index contributed by atoms with van der Waals surface area (Å²) in [6.07, 6.45) is 2.93. The highest BCUT2D eigenvalue weighted by Gasteiger charge is 2.40. The third-order valence-corrected chi connectivity index (χ3v) is 9.93. The van der Waals surface area contributed by atoms with Gasteiger partial charge in [0.05, 0.1) is 23.6 Å². The van der Waals surface area contributed by atoms with Gasteiger partial charge < -0.3 is 29.7 Å². The zero-order valence-electron chi connectivity index (χ0n) is 24.0. The fraction of sp³-hybridized carbons (Fsp3) is 0.367. The molecule has 220 valence electrons. The molecule has 3 aromatic rings. The number of carbonyl (C=O) groups is 1. The summed E-state index contributed by atoms with van der Waals surface area (Å²) < 4.78 is 19.1. The van der Waals surface area contributed by atoms with Gasteiger partial charge in [0, 0.05) is 55.8 Å². The summed E-state index contributed by atoms with van der Waals surface area (Å²) >= 11 is 6.44. The average Bonchev–Trinajstić information content (AvgIpc) is 2.93. The maximum Gasteiger partial charge on any atom is 0.246 e. The maximum absolute atomic E-state index is 12.8. The molecule has 2 saturated heterocycles. The van der Waals surface area contributed by atoms with Crippen LogP contribution in [0.2, 0.25) is 5.02 Å². The molecular weight excluding hydrogens is 573 g/mol. The highest BCUT2D eigenvalue weighted by Crippen LogP contribution is 2.42. The Morgan fingerprint density at radius 2 is 1.93 bits per heavy atom. The van der Waals surface area contributed by atoms with E-state index in [0.717, 1.165) is 60.7 Å². The lowest BCUT2D eigenvalue weighted by Crippen LogP contribution is -2.67. The number of halogens is 1. The molecule has 0 aliphatic carbocycles. The first-order chi connectivity index (χ1) is 20.1. The zero-order valence-corrected chi connectivity index (χ0v) is 25.7. The van der Waals surface area contributed by atoms with Crippen LogP contribution in [0.15, 0.2) is 55.3 Å². The Kier molecular flexibility index (Phi) is 7.64. The minimum atomic E-state index is -2.52. The van der Waals surface area contributed by atoms with E-state index in [1.165, 1.54) is 6.08 Å². The molecule has 3 aliphatic heterocycles. The molecule has 10 nitrogen and oxygen atoms in total. The molecule has 0 unspecified atom stereocenters. The molecule has 1 atom stereocenters. The van der Waals surface area contributed by atoms with E-state index in [1.807, 2.05) is 35.2 Å². The number of fused-ring (bicyclic) bond motifs is 3. The largest absolute Gasteiger partial charge is 0.489 e. The molecule has 0 radical (unpaired) electrons. The van der Waals surface area contributed by atoms with Crippen LogP contribution < -0.4 is 25.6 Å². The number of amides is 1. The second kappa shape index (κ2) is 11.2. The van der Waals surface area contributed by atoms with E-state index in [-0.39, 0.29) is 11.9 Å². The fourth-order valence-corrected chi connectivity index (χ4v) is 7.24. The molecule has 42 heavy (non-hydrogen) atoms. The Hall–Kier alpha value is -3.59. The summed E-state index contributed by atoms with van der Waals surface area (Å²) in [6.45, 7) is 14.0. The van der Waals surface area contributed by atoms with E-state index in [1.54, 1.807) is 19.5 Å². The van der Waals surface area contributed by atoms with Crippen molar-refractivity contribution in [2.24, 2.45) is 0 Å². The van der Waals surface area contributed by atoms with Gasteiger partial charge in [0.2, 0.25) is 11.9 Å². The monoisotopic (exact) mass is 607 g/mol. The van der Waals surface area contributed by atoms with Crippen molar-refractivity contribution < 1.29 is 14.1 Å². The third kappa shape index (κ3) is 5.59. The smallest absolute Gasteiger partial charge is 0.246 e. The van der Waals surface area contributed by atoms with Gasteiger partial charge in [-0.2, -0.15) is 4.98 Å². The Bertz CT molecular complexity index is 1590. The van der Waals surface area contributed by atoms with Gasteiger partial charge in [0.15, 0.2) is 5.82 Å². The Balaban J connectivity index is 1.16. The van der Waals surface area contributed by atoms with Crippen LogP contribution in [0, 0.1) is 6.92 Å². The van der Waals surface area contributed by atoms with Crippen LogP contribution in [0.25, 0.3) is 0 Å². The van der Waals surface area contributed by atoms with E-state index in [4.69, 9.17) is 16.3 Å². The van der Waals surface area contributed by atoms with E-state index in [9.17, 15) is 9.36 Å². The number of hydrogen-bond donors (Lipinski definition) is 2. The van der Waals surface area contributed by atoms with E-state index >= 15 is 0 Å². The van der Waals surface area contributed by atoms with Crippen molar-refractivity contribution in [3.05, 3.63) is 65.8 Å². The van der Waals surface area contributed by atoms with Crippen molar-refractivity contribution in [3.8, 4) is 5.75 Å². The number of aryl methyl sites for hydroxylation is 1. The van der Waals surface area contributed by atoms with Gasteiger partial charge in [-0.05, 0) is 50.1 Å². The number of para-hydroxylation sites is 1. The van der Waals surface area contributed by atoms with E-state index in [2.05, 4.69) is 50.0 Å². The van der Waals surface area contributed by atoms with Crippen LogP contribution in [-0.4, -0.2) is 90.4 Å². The van der Waals surface area contributed by atoms with Crippen LogP contribution >= 0.6 is 18.7 Å². The first-order valence-corrected chi connectivity index (χ1v) is 17.0. The molecule has 3 aliphatic rings. The lowest BCUT2D eigenvalue weighted by molar-refractivity contribution is -0.133. The lowest BCUT2D eigenvalue weighted by Gasteiger charge is -2.52. The number of likely N-dealkylation sites (tertiary alicyclic amines) is 1. The second-order valence-corrected chi connectivity index (χ2v) is 15.0. The molecule has 2 aromatic carbocycles. The number of nitrogens with zero attached hydrogens (tertiary/aromatic N) is 5. The van der Waals surface area contributed by atoms with Crippen molar-refractivity contribution in [3.63, 3.8) is 0 Å². The van der Waals surface area contributed by atoms with Gasteiger partial charge in [-0.1, -0.05) is 30.3 Å². The first kappa shape index (κ1) is 28.5. The number of piperazine rings is 1. The predicted molar refractivity (Wildman–Crippen MR) is 169 cm³/mol. The normalized spacial score (nSPS) is 18.8. The molecule has 4 heterocycles. The summed E-state index contributed by atoms with van der Waals surface area (Å²) in [7, 11) is -2.52. The lowest BCUT2D eigenvalue weighted by atomic mass is 10.0. The third-order valence-electron chi connectivity index (χ3n) is 8.10. The summed E-state index contributed by atoms with van der Waals surface area (Å²) in [5, 5.41) is 7.63. The quantitative estimate of drug-likeness (QED) is 0.298. The average molecular weight is 608 g/mol. The Morgan fingerprint density at radius 1 is 1.14 bits per heavy atom. The van der Waals surface area contributed by atoms with E-state index < -0.39 is 7.14 Å². The highest BCUT2D eigenvalue weighted by atomic mass is 35.5. The van der Waals surface area contributed by atoms with Crippen LogP contribution in [0.1, 0.15) is 5.56 Å². The van der Waals surface area contributed by atoms with Gasteiger partial charge >= 0.3 is 0 Å². The number of rotatable bonds is 7. The molecule has 0 saturated carbocycles. The van der Waals surface area contributed by atoms with Gasteiger partial charge in [0.25, 0.3) is 0 Å². The molecule has 6 rings (SSSR count). The first-order valence-electron chi connectivity index (χ1n) is 14.0. The number of carbonyl (C=O) groups excluding carboxylic acids is 1. The van der Waals surface area contributed by atoms with Crippen LogP contribution in [0.4, 0.5) is 28.8 Å². The highest BCUT2D eigenvalue weighted by molar-refractivity contribution is 7.70.